The largest absolute Gasteiger partial charge is 0.756 e. The molecule has 0 aliphatic rings. The number of carbonyl (C=O) groups is 2. The number of quaternary nitrogens is 1. The molecule has 0 bridgehead atoms. The molecule has 71 heavy (non-hydrogen) atoms. The number of allylic oxidation sites excluding steroid dienone is 12. The van der Waals surface area contributed by atoms with Gasteiger partial charge in [0.25, 0.3) is 7.82 Å². The van der Waals surface area contributed by atoms with Crippen molar-refractivity contribution in [3.05, 3.63) is 72.9 Å². The molecule has 0 aromatic heterocycles. The fourth-order valence-electron chi connectivity index (χ4n) is 7.97. The molecule has 0 aromatic carbocycles. The topological polar surface area (TPSA) is 111 Å². The number of hydrogen-bond acceptors (Lipinski definition) is 8. The molecule has 0 saturated carbocycles. The number of phosphoric ester groups is 1. The van der Waals surface area contributed by atoms with Crippen LogP contribution in [0, 0.1) is 0 Å². The van der Waals surface area contributed by atoms with Gasteiger partial charge < -0.3 is 27.9 Å². The molecule has 0 aliphatic heterocycles. The Bertz CT molecular complexity index is 1430. The zero-order valence-electron chi connectivity index (χ0n) is 46.7. The summed E-state index contributed by atoms with van der Waals surface area (Å²) in [6.45, 7) is 4.12. The summed E-state index contributed by atoms with van der Waals surface area (Å²) in [7, 11) is 1.16. The molecule has 0 radical (unpaired) electrons. The van der Waals surface area contributed by atoms with Crippen LogP contribution in [0.25, 0.3) is 0 Å². The van der Waals surface area contributed by atoms with Crippen LogP contribution in [-0.4, -0.2) is 70.0 Å². The third kappa shape index (κ3) is 56.6. The number of rotatable bonds is 53. The van der Waals surface area contributed by atoms with Crippen LogP contribution >= 0.6 is 7.82 Å². The van der Waals surface area contributed by atoms with Crippen LogP contribution in [0.1, 0.15) is 251 Å². The van der Waals surface area contributed by atoms with Crippen molar-refractivity contribution < 1.29 is 42.1 Å². The monoisotopic (exact) mass is 1020 g/mol. The van der Waals surface area contributed by atoms with E-state index in [1.807, 2.05) is 21.1 Å². The summed E-state index contributed by atoms with van der Waals surface area (Å²) in [6.07, 6.45) is 68.1. The molecular weight excluding hydrogens is 906 g/mol. The van der Waals surface area contributed by atoms with E-state index in [1.54, 1.807) is 0 Å². The predicted octanol–water partition coefficient (Wildman–Crippen LogP) is 17.5. The van der Waals surface area contributed by atoms with Crippen molar-refractivity contribution in [2.24, 2.45) is 0 Å². The summed E-state index contributed by atoms with van der Waals surface area (Å²) in [6, 6.07) is 0. The first kappa shape index (κ1) is 68.5. The maximum Gasteiger partial charge on any atom is 0.306 e. The summed E-state index contributed by atoms with van der Waals surface area (Å²) >= 11 is 0. The van der Waals surface area contributed by atoms with Gasteiger partial charge in [-0.15, -0.1) is 0 Å². The second-order valence-corrected chi connectivity index (χ2v) is 22.0. The van der Waals surface area contributed by atoms with Gasteiger partial charge in [0.15, 0.2) is 6.10 Å². The Balaban J connectivity index is 4.05. The van der Waals surface area contributed by atoms with Gasteiger partial charge in [0.05, 0.1) is 27.7 Å². The first-order valence-electron chi connectivity index (χ1n) is 29.1. The number of likely N-dealkylation sites (N-methyl/N-ethyl adjacent to an activating group) is 1. The van der Waals surface area contributed by atoms with Crippen LogP contribution in [0.3, 0.4) is 0 Å². The van der Waals surface area contributed by atoms with Crippen molar-refractivity contribution in [3.8, 4) is 0 Å². The minimum absolute atomic E-state index is 0.0328. The van der Waals surface area contributed by atoms with Gasteiger partial charge in [0.1, 0.15) is 19.8 Å². The standard InChI is InChI=1S/C61H110NO8P/c1-6-8-10-12-14-16-18-20-22-23-24-25-26-27-28-29-30-31-32-33-34-35-36-37-38-39-40-42-44-46-48-50-52-54-61(64)70-59(58-69-71(65,66)68-56-55-62(3,4)5)57-67-60(63)53-51-49-47-45-43-41-21-19-17-15-13-11-9-7-2/h8,10,14,16,19-22,24-25,27-28,59H,6-7,9,11-13,15,17-18,23,26,29-58H2,1-5H3/b10-8-,16-14-,21-19-,22-20-,25-24-,28-27-. The Morgan fingerprint density at radius 2 is 0.803 bits per heavy atom. The van der Waals surface area contributed by atoms with Gasteiger partial charge in [-0.05, 0) is 83.5 Å². The summed E-state index contributed by atoms with van der Waals surface area (Å²) in [4.78, 5) is 37.8. The first-order valence-corrected chi connectivity index (χ1v) is 30.6. The normalized spacial score (nSPS) is 13.8. The number of esters is 2. The van der Waals surface area contributed by atoms with Crippen molar-refractivity contribution in [2.45, 2.75) is 258 Å². The van der Waals surface area contributed by atoms with E-state index in [0.717, 1.165) is 89.9 Å². The number of phosphoric acid groups is 1. The third-order valence-electron chi connectivity index (χ3n) is 12.5. The molecule has 10 heteroatoms. The molecule has 0 spiro atoms. The molecule has 0 N–H and O–H groups in total. The minimum atomic E-state index is -4.64. The zero-order chi connectivity index (χ0) is 52.0. The van der Waals surface area contributed by atoms with Gasteiger partial charge in [-0.25, -0.2) is 0 Å². The quantitative estimate of drug-likeness (QED) is 0.0195. The van der Waals surface area contributed by atoms with Gasteiger partial charge in [-0.2, -0.15) is 0 Å². The fraction of sp³-hybridized carbons (Fsp3) is 0.770. The highest BCUT2D eigenvalue weighted by Crippen LogP contribution is 2.38. The molecule has 0 amide bonds. The van der Waals surface area contributed by atoms with Crippen LogP contribution in [0.2, 0.25) is 0 Å². The maximum atomic E-state index is 12.8. The molecule has 9 nitrogen and oxygen atoms in total. The lowest BCUT2D eigenvalue weighted by Gasteiger charge is -2.28. The Hall–Kier alpha value is -2.55. The van der Waals surface area contributed by atoms with E-state index in [1.165, 1.54) is 128 Å². The van der Waals surface area contributed by atoms with Gasteiger partial charge >= 0.3 is 11.9 Å². The summed E-state index contributed by atoms with van der Waals surface area (Å²) in [5.74, 6) is -0.838. The van der Waals surface area contributed by atoms with Gasteiger partial charge in [-0.1, -0.05) is 228 Å². The zero-order valence-corrected chi connectivity index (χ0v) is 47.6. The van der Waals surface area contributed by atoms with Crippen molar-refractivity contribution in [2.75, 3.05) is 47.5 Å². The fourth-order valence-corrected chi connectivity index (χ4v) is 8.70. The Labute approximate surface area is 438 Å². The Morgan fingerprint density at radius 3 is 1.21 bits per heavy atom. The van der Waals surface area contributed by atoms with Crippen LogP contribution in [0.15, 0.2) is 72.9 Å². The van der Waals surface area contributed by atoms with E-state index >= 15 is 0 Å². The number of ether oxygens (including phenoxy) is 2. The van der Waals surface area contributed by atoms with Crippen molar-refractivity contribution >= 4 is 19.8 Å². The highest BCUT2D eigenvalue weighted by atomic mass is 31.2. The molecule has 0 rings (SSSR count). The SMILES string of the molecule is CC/C=C\C/C=C\C/C=C\C/C=C\C/C=C\CCCCCCCCCCCCCCCCCCCC(=O)OC(COC(=O)CCCCCCC/C=C\CCCCCCC)COP(=O)([O-])OCC[N+](C)(C)C. The van der Waals surface area contributed by atoms with E-state index in [-0.39, 0.29) is 26.1 Å². The van der Waals surface area contributed by atoms with E-state index in [9.17, 15) is 19.0 Å². The number of nitrogens with zero attached hydrogens (tertiary/aromatic N) is 1. The van der Waals surface area contributed by atoms with E-state index < -0.39 is 32.5 Å². The van der Waals surface area contributed by atoms with Crippen LogP contribution in [0.4, 0.5) is 0 Å². The lowest BCUT2D eigenvalue weighted by molar-refractivity contribution is -0.870. The molecular formula is C61H110NO8P. The molecule has 0 heterocycles. The van der Waals surface area contributed by atoms with Gasteiger partial charge in [0.2, 0.25) is 0 Å². The summed E-state index contributed by atoms with van der Waals surface area (Å²) in [5.41, 5.74) is 0. The lowest BCUT2D eigenvalue weighted by atomic mass is 10.0. The molecule has 0 saturated heterocycles. The molecule has 0 aromatic rings. The second-order valence-electron chi connectivity index (χ2n) is 20.6. The highest BCUT2D eigenvalue weighted by Gasteiger charge is 2.22. The molecule has 2 unspecified atom stereocenters. The molecule has 2 atom stereocenters. The van der Waals surface area contributed by atoms with Crippen LogP contribution in [0.5, 0.6) is 0 Å². The van der Waals surface area contributed by atoms with E-state index in [2.05, 4.69) is 86.8 Å². The second kappa shape index (κ2) is 52.3. The van der Waals surface area contributed by atoms with E-state index in [4.69, 9.17) is 18.5 Å². The number of unbranched alkanes of at least 4 members (excludes halogenated alkanes) is 27. The number of carbonyl (C=O) groups excluding carboxylic acids is 2. The smallest absolute Gasteiger partial charge is 0.306 e. The van der Waals surface area contributed by atoms with Crippen molar-refractivity contribution in [1.82, 2.24) is 0 Å². The molecule has 412 valence electrons. The summed E-state index contributed by atoms with van der Waals surface area (Å²) in [5, 5.41) is 0. The molecule has 0 aliphatic carbocycles. The third-order valence-corrected chi connectivity index (χ3v) is 13.4. The average Bonchev–Trinajstić information content (AvgIpc) is 3.33. The van der Waals surface area contributed by atoms with Gasteiger partial charge in [0, 0.05) is 12.8 Å². The molecule has 0 fully saturated rings. The highest BCUT2D eigenvalue weighted by molar-refractivity contribution is 7.45. The predicted molar refractivity (Wildman–Crippen MR) is 300 cm³/mol. The van der Waals surface area contributed by atoms with Gasteiger partial charge in [-0.3, -0.25) is 14.2 Å². The summed E-state index contributed by atoms with van der Waals surface area (Å²) < 4.78 is 34.1. The van der Waals surface area contributed by atoms with Crippen LogP contribution < -0.4 is 4.89 Å². The Kier molecular flexibility index (Phi) is 50.4. The minimum Gasteiger partial charge on any atom is -0.756 e. The van der Waals surface area contributed by atoms with Crippen molar-refractivity contribution in [3.63, 3.8) is 0 Å². The average molecular weight is 1020 g/mol. The maximum absolute atomic E-state index is 12.8. The van der Waals surface area contributed by atoms with Crippen LogP contribution in [-0.2, 0) is 32.7 Å². The lowest BCUT2D eigenvalue weighted by Crippen LogP contribution is -2.37. The Morgan fingerprint density at radius 1 is 0.451 bits per heavy atom. The first-order chi connectivity index (χ1) is 34.5. The van der Waals surface area contributed by atoms with E-state index in [0.29, 0.717) is 17.4 Å². The number of hydrogen-bond donors (Lipinski definition) is 0. The van der Waals surface area contributed by atoms with Crippen molar-refractivity contribution in [1.29, 1.82) is 0 Å².